The van der Waals surface area contributed by atoms with Crippen molar-refractivity contribution in [3.8, 4) is 11.5 Å². The van der Waals surface area contributed by atoms with Crippen molar-refractivity contribution in [2.45, 2.75) is 38.1 Å². The molecule has 1 N–H and O–H groups in total. The summed E-state index contributed by atoms with van der Waals surface area (Å²) in [6.07, 6.45) is -4.15. The van der Waals surface area contributed by atoms with E-state index in [0.717, 1.165) is 0 Å². The van der Waals surface area contributed by atoms with Crippen LogP contribution in [0.4, 0.5) is 35.1 Å². The van der Waals surface area contributed by atoms with Crippen LogP contribution in [0.1, 0.15) is 23.6 Å². The predicted molar refractivity (Wildman–Crippen MR) is 109 cm³/mol. The van der Waals surface area contributed by atoms with Gasteiger partial charge in [0.2, 0.25) is 0 Å². The number of hydrogen-bond acceptors (Lipinski definition) is 4. The van der Waals surface area contributed by atoms with Gasteiger partial charge in [-0.25, -0.2) is 9.82 Å². The van der Waals surface area contributed by atoms with Crippen LogP contribution < -0.4 is 14.9 Å². The fourth-order valence-electron chi connectivity index (χ4n) is 2.66. The Morgan fingerprint density at radius 3 is 2.21 bits per heavy atom. The maximum atomic E-state index is 13.4. The largest absolute Gasteiger partial charge is 0.490 e. The summed E-state index contributed by atoms with van der Waals surface area (Å²) < 4.78 is 114. The Morgan fingerprint density at radius 2 is 1.65 bits per heavy atom. The quantitative estimate of drug-likeness (QED) is 0.132. The molecule has 0 saturated heterocycles. The van der Waals surface area contributed by atoms with Crippen LogP contribution in [0, 0.1) is 5.82 Å². The molecule has 0 aliphatic rings. The Hall–Kier alpha value is -3.31. The lowest BCUT2D eigenvalue weighted by Crippen LogP contribution is -2.58. The second-order valence-electron chi connectivity index (χ2n) is 6.86. The van der Waals surface area contributed by atoms with Crippen LogP contribution >= 0.6 is 0 Å². The number of alkyl halides is 7. The van der Waals surface area contributed by atoms with Crippen molar-refractivity contribution in [3.63, 3.8) is 0 Å². The average molecular weight is 496 g/mol. The van der Waals surface area contributed by atoms with Crippen molar-refractivity contribution in [3.05, 3.63) is 71.6 Å². The average Bonchev–Trinajstić information content (AvgIpc) is 2.74. The van der Waals surface area contributed by atoms with Gasteiger partial charge in [0.05, 0.1) is 12.8 Å². The van der Waals surface area contributed by atoms with E-state index >= 15 is 0 Å². The van der Waals surface area contributed by atoms with E-state index in [4.69, 9.17) is 9.47 Å². The molecule has 0 aliphatic carbocycles. The molecule has 0 saturated carbocycles. The smallest absolute Gasteiger partial charge is 0.462 e. The molecule has 4 nitrogen and oxygen atoms in total. The number of halogens is 8. The number of rotatable bonds is 11. The summed E-state index contributed by atoms with van der Waals surface area (Å²) in [6, 6.07) is 2.48. The minimum atomic E-state index is -6.48. The van der Waals surface area contributed by atoms with Crippen molar-refractivity contribution >= 4 is 6.21 Å². The zero-order valence-corrected chi connectivity index (χ0v) is 17.7. The van der Waals surface area contributed by atoms with Gasteiger partial charge in [-0.1, -0.05) is 18.2 Å². The first-order valence-electron chi connectivity index (χ1n) is 9.72. The zero-order valence-electron chi connectivity index (χ0n) is 17.7. The van der Waals surface area contributed by atoms with Crippen molar-refractivity contribution in [1.29, 1.82) is 0 Å². The summed E-state index contributed by atoms with van der Waals surface area (Å²) in [4.78, 5) is 0. The van der Waals surface area contributed by atoms with E-state index in [1.165, 1.54) is 42.5 Å². The number of benzene rings is 2. The lowest BCUT2D eigenvalue weighted by molar-refractivity contribution is -0.361. The predicted octanol–water partition coefficient (Wildman–Crippen LogP) is 6.25. The van der Waals surface area contributed by atoms with E-state index in [1.807, 2.05) is 0 Å². The van der Waals surface area contributed by atoms with E-state index in [2.05, 4.69) is 11.7 Å². The lowest BCUT2D eigenvalue weighted by Gasteiger charge is -2.27. The highest BCUT2D eigenvalue weighted by Gasteiger charge is 2.73. The second-order valence-corrected chi connectivity index (χ2v) is 6.86. The van der Waals surface area contributed by atoms with Gasteiger partial charge in [0.25, 0.3) is 0 Å². The van der Waals surface area contributed by atoms with Gasteiger partial charge in [-0.3, -0.25) is 0 Å². The van der Waals surface area contributed by atoms with Gasteiger partial charge in [-0.15, -0.1) is 6.58 Å². The number of nitrogens with zero attached hydrogens (tertiary/aromatic N) is 1. The molecule has 0 amide bonds. The molecule has 0 spiro atoms. The van der Waals surface area contributed by atoms with Crippen LogP contribution in [0.5, 0.6) is 11.5 Å². The van der Waals surface area contributed by atoms with Gasteiger partial charge < -0.3 is 9.47 Å². The molecule has 0 bridgehead atoms. The summed E-state index contributed by atoms with van der Waals surface area (Å²) in [5.41, 5.74) is 1.69. The van der Waals surface area contributed by atoms with Crippen LogP contribution in [-0.4, -0.2) is 31.0 Å². The van der Waals surface area contributed by atoms with Gasteiger partial charge in [-0.05, 0) is 48.7 Å². The maximum Gasteiger partial charge on any atom is 0.462 e. The number of hydrazone groups is 1. The minimum absolute atomic E-state index is 0.0260. The molecule has 0 aromatic heterocycles. The monoisotopic (exact) mass is 496 g/mol. The van der Waals surface area contributed by atoms with E-state index in [0.29, 0.717) is 22.8 Å². The highest BCUT2D eigenvalue weighted by molar-refractivity contribution is 5.81. The summed E-state index contributed by atoms with van der Waals surface area (Å²) in [5, 5.41) is 2.86. The summed E-state index contributed by atoms with van der Waals surface area (Å²) >= 11 is 0. The first kappa shape index (κ1) is 26.9. The molecule has 0 unspecified atom stereocenters. The molecule has 2 aromatic rings. The van der Waals surface area contributed by atoms with E-state index in [9.17, 15) is 35.1 Å². The Balaban J connectivity index is 2.31. The van der Waals surface area contributed by atoms with Crippen LogP contribution in [0.3, 0.4) is 0 Å². The lowest BCUT2D eigenvalue weighted by atomic mass is 10.1. The Morgan fingerprint density at radius 1 is 1.00 bits per heavy atom. The molecule has 0 fully saturated rings. The highest BCUT2D eigenvalue weighted by Crippen LogP contribution is 2.45. The molecule has 0 radical (unpaired) electrons. The van der Waals surface area contributed by atoms with Gasteiger partial charge in [0, 0.05) is 5.56 Å². The molecule has 0 aliphatic heterocycles. The van der Waals surface area contributed by atoms with Gasteiger partial charge >= 0.3 is 18.1 Å². The van der Waals surface area contributed by atoms with E-state index < -0.39 is 24.0 Å². The standard InChI is InChI=1S/C22H20F8N2O2/c1-3-5-16-10-15(12-31-32-22(29,30)20(24,25)21(26,27)28)11-18(33-4-2)19(16)34-13-14-6-8-17(23)9-7-14/h3,6-12,32H,1,4-5,13H2,2H3/b31-12+. The molecular formula is C22H20F8N2O2. The molecule has 2 rings (SSSR count). The minimum Gasteiger partial charge on any atom is -0.490 e. The van der Waals surface area contributed by atoms with Gasteiger partial charge in [0.1, 0.15) is 12.4 Å². The fourth-order valence-corrected chi connectivity index (χ4v) is 2.66. The number of nitrogens with one attached hydrogen (secondary N) is 1. The van der Waals surface area contributed by atoms with Crippen LogP contribution in [0.2, 0.25) is 0 Å². The van der Waals surface area contributed by atoms with Crippen LogP contribution in [0.25, 0.3) is 0 Å². The molecule has 186 valence electrons. The number of ether oxygens (including phenoxy) is 2. The van der Waals surface area contributed by atoms with E-state index in [1.54, 1.807) is 6.92 Å². The van der Waals surface area contributed by atoms with Crippen molar-refractivity contribution in [2.75, 3.05) is 6.61 Å². The fraction of sp³-hybridized carbons (Fsp3) is 0.318. The van der Waals surface area contributed by atoms with Gasteiger partial charge in [0.15, 0.2) is 11.5 Å². The number of hydrogen-bond donors (Lipinski definition) is 1. The maximum absolute atomic E-state index is 13.4. The Labute approximate surface area is 189 Å². The first-order valence-corrected chi connectivity index (χ1v) is 9.72. The Kier molecular flexibility index (Phi) is 8.51. The molecule has 12 heteroatoms. The Bertz CT molecular complexity index is 1010. The molecule has 0 heterocycles. The molecule has 34 heavy (non-hydrogen) atoms. The summed E-state index contributed by atoms with van der Waals surface area (Å²) in [6.45, 7) is 5.44. The highest BCUT2D eigenvalue weighted by atomic mass is 19.4. The number of allylic oxidation sites excluding steroid dienone is 1. The van der Waals surface area contributed by atoms with Crippen molar-refractivity contribution in [2.24, 2.45) is 5.10 Å². The molecule has 2 aromatic carbocycles. The molecule has 0 atom stereocenters. The SMILES string of the molecule is C=CCc1cc(/C=N/NC(F)(F)C(F)(F)C(F)(F)F)cc(OCC)c1OCc1ccc(F)cc1. The normalized spacial score (nSPS) is 12.6. The van der Waals surface area contributed by atoms with Crippen molar-refractivity contribution < 1.29 is 44.6 Å². The van der Waals surface area contributed by atoms with E-state index in [-0.39, 0.29) is 36.7 Å². The third kappa shape index (κ3) is 6.39. The van der Waals surface area contributed by atoms with Crippen LogP contribution in [-0.2, 0) is 13.0 Å². The topological polar surface area (TPSA) is 42.9 Å². The summed E-state index contributed by atoms with van der Waals surface area (Å²) in [5.74, 6) is -6.38. The first-order chi connectivity index (χ1) is 15.8. The van der Waals surface area contributed by atoms with Gasteiger partial charge in [-0.2, -0.15) is 35.8 Å². The third-order valence-electron chi connectivity index (χ3n) is 4.28. The third-order valence-corrected chi connectivity index (χ3v) is 4.28. The van der Waals surface area contributed by atoms with Crippen LogP contribution in [0.15, 0.2) is 54.2 Å². The second kappa shape index (κ2) is 10.7. The summed E-state index contributed by atoms with van der Waals surface area (Å²) in [7, 11) is 0. The molecular weight excluding hydrogens is 476 g/mol. The zero-order chi connectivity index (χ0) is 25.6. The van der Waals surface area contributed by atoms with Crippen molar-refractivity contribution in [1.82, 2.24) is 5.43 Å².